The first-order valence-corrected chi connectivity index (χ1v) is 9.81. The van der Waals surface area contributed by atoms with Crippen LogP contribution in [0.4, 0.5) is 0 Å². The van der Waals surface area contributed by atoms with Crippen molar-refractivity contribution >= 4 is 43.1 Å². The van der Waals surface area contributed by atoms with E-state index >= 15 is 0 Å². The summed E-state index contributed by atoms with van der Waals surface area (Å²) in [5.41, 5.74) is 1.35. The summed E-state index contributed by atoms with van der Waals surface area (Å²) in [5, 5.41) is 9.53. The molecule has 0 aliphatic rings. The third-order valence-electron chi connectivity index (χ3n) is 5.32. The van der Waals surface area contributed by atoms with Crippen molar-refractivity contribution in [1.82, 2.24) is 0 Å². The Bertz CT molecular complexity index is 1310. The maximum atomic E-state index is 3.45. The van der Waals surface area contributed by atoms with E-state index in [1.165, 1.54) is 27.1 Å². The molecule has 144 valence electrons. The Labute approximate surface area is 233 Å². The summed E-state index contributed by atoms with van der Waals surface area (Å²) in [6, 6.07) is 43.4. The van der Waals surface area contributed by atoms with Gasteiger partial charge in [-0.25, -0.2) is 0 Å². The van der Waals surface area contributed by atoms with Gasteiger partial charge in [-0.1, -0.05) is 54.1 Å². The first kappa shape index (κ1) is 24.2. The topological polar surface area (TPSA) is 0 Å². The first-order valence-electron chi connectivity index (χ1n) is 9.81. The van der Waals surface area contributed by atoms with Crippen LogP contribution < -0.4 is 0 Å². The van der Waals surface area contributed by atoms with E-state index in [4.69, 9.17) is 0 Å². The van der Waals surface area contributed by atoms with Gasteiger partial charge in [-0.2, -0.15) is 57.9 Å². The van der Waals surface area contributed by atoms with Gasteiger partial charge in [0, 0.05) is 65.4 Å². The fourth-order valence-corrected chi connectivity index (χ4v) is 3.82. The molecular weight excluding hydrogens is 526 g/mol. The largest absolute Gasteiger partial charge is 0.199 e. The van der Waals surface area contributed by atoms with Crippen LogP contribution in [-0.4, -0.2) is 0 Å². The van der Waals surface area contributed by atoms with E-state index in [-0.39, 0.29) is 65.4 Å². The Kier molecular flexibility index (Phi) is 8.54. The predicted octanol–water partition coefficient (Wildman–Crippen LogP) is 7.69. The standard InChI is InChI=1S/C15H11.C14H8.2Y/c1-11-14-8-4-2-6-12(14)10-13-7-3-5-9-15(11)13;1-2-6-12-10-14-8-4-3-7-13(14)9-11(12)5-1;;/h2-9H,1H3;1-8H;;/q-1;-2;;. The van der Waals surface area contributed by atoms with Gasteiger partial charge in [0.05, 0.1) is 0 Å². The zero-order valence-electron chi connectivity index (χ0n) is 17.4. The van der Waals surface area contributed by atoms with E-state index in [2.05, 4.69) is 97.9 Å². The molecule has 6 aromatic rings. The number of fused-ring (bicyclic) bond motifs is 4. The molecule has 0 heterocycles. The molecule has 0 aliphatic heterocycles. The van der Waals surface area contributed by atoms with Crippen molar-refractivity contribution in [1.29, 1.82) is 0 Å². The molecule has 0 atom stereocenters. The predicted molar refractivity (Wildman–Crippen MR) is 124 cm³/mol. The molecular formula is C29H19Y2-3. The van der Waals surface area contributed by atoms with Gasteiger partial charge in [-0.05, 0) is 0 Å². The van der Waals surface area contributed by atoms with Crippen molar-refractivity contribution in [3.63, 3.8) is 0 Å². The van der Waals surface area contributed by atoms with Crippen LogP contribution in [0.1, 0.15) is 5.56 Å². The summed E-state index contributed by atoms with van der Waals surface area (Å²) < 4.78 is 0. The zero-order valence-corrected chi connectivity index (χ0v) is 23.1. The molecule has 31 heavy (non-hydrogen) atoms. The third kappa shape index (κ3) is 5.15. The molecule has 0 aromatic heterocycles. The van der Waals surface area contributed by atoms with Crippen LogP contribution in [0.3, 0.4) is 0 Å². The molecule has 0 unspecified atom stereocenters. The Morgan fingerprint density at radius 2 is 0.645 bits per heavy atom. The maximum absolute atomic E-state index is 3.45. The Morgan fingerprint density at radius 3 is 1.00 bits per heavy atom. The maximum Gasteiger partial charge on any atom is 0 e. The zero-order chi connectivity index (χ0) is 19.6. The average Bonchev–Trinajstić information content (AvgIpc) is 2.78. The summed E-state index contributed by atoms with van der Waals surface area (Å²) >= 11 is 0. The van der Waals surface area contributed by atoms with E-state index in [0.29, 0.717) is 0 Å². The average molecular weight is 545 g/mol. The number of aryl methyl sites for hydroxylation is 1. The Balaban J connectivity index is 0.000000165. The van der Waals surface area contributed by atoms with Gasteiger partial charge in [-0.15, -0.1) is 58.8 Å². The SMILES string of the molecule is Cc1c2ccccc2[c-]c2ccccc12.[Y].[Y].[c-]1c2ccccc2[c-]c2ccccc12. The van der Waals surface area contributed by atoms with Gasteiger partial charge in [-0.3, -0.25) is 0 Å². The number of benzene rings is 6. The minimum Gasteiger partial charge on any atom is -0.199 e. The molecule has 0 nitrogen and oxygen atoms in total. The van der Waals surface area contributed by atoms with Crippen molar-refractivity contribution in [3.05, 3.63) is 121 Å². The van der Waals surface area contributed by atoms with E-state index in [0.717, 1.165) is 21.5 Å². The molecule has 0 saturated heterocycles. The molecule has 0 aliphatic carbocycles. The molecule has 0 saturated carbocycles. The number of rotatable bonds is 0. The molecule has 6 rings (SSSR count). The second kappa shape index (κ2) is 10.9. The van der Waals surface area contributed by atoms with Crippen LogP contribution in [0.15, 0.2) is 97.1 Å². The van der Waals surface area contributed by atoms with Crippen LogP contribution in [0.2, 0.25) is 0 Å². The molecule has 6 aromatic carbocycles. The van der Waals surface area contributed by atoms with Crippen LogP contribution in [0, 0.1) is 25.1 Å². The van der Waals surface area contributed by atoms with Crippen molar-refractivity contribution < 1.29 is 65.4 Å². The van der Waals surface area contributed by atoms with Crippen molar-refractivity contribution in [2.45, 2.75) is 6.92 Å². The first-order chi connectivity index (χ1) is 14.3. The van der Waals surface area contributed by atoms with E-state index in [1.54, 1.807) is 0 Å². The molecule has 0 bridgehead atoms. The summed E-state index contributed by atoms with van der Waals surface area (Å²) in [6.45, 7) is 2.18. The van der Waals surface area contributed by atoms with Crippen molar-refractivity contribution in [3.8, 4) is 0 Å². The third-order valence-corrected chi connectivity index (χ3v) is 5.32. The van der Waals surface area contributed by atoms with E-state index < -0.39 is 0 Å². The molecule has 2 heteroatoms. The van der Waals surface area contributed by atoms with Crippen LogP contribution >= 0.6 is 0 Å². The fraction of sp³-hybridized carbons (Fsp3) is 0.0345. The second-order valence-corrected chi connectivity index (χ2v) is 7.18. The Hall–Kier alpha value is -1.43. The second-order valence-electron chi connectivity index (χ2n) is 7.18. The van der Waals surface area contributed by atoms with Crippen LogP contribution in [-0.2, 0) is 65.4 Å². The minimum atomic E-state index is 0. The quantitative estimate of drug-likeness (QED) is 0.136. The van der Waals surface area contributed by atoms with Gasteiger partial charge in [0.1, 0.15) is 0 Å². The summed E-state index contributed by atoms with van der Waals surface area (Å²) in [6.07, 6.45) is 0. The Morgan fingerprint density at radius 1 is 0.387 bits per heavy atom. The summed E-state index contributed by atoms with van der Waals surface area (Å²) in [5.74, 6) is 0. The molecule has 0 fully saturated rings. The van der Waals surface area contributed by atoms with Crippen LogP contribution in [0.25, 0.3) is 43.1 Å². The van der Waals surface area contributed by atoms with Crippen LogP contribution in [0.5, 0.6) is 0 Å². The van der Waals surface area contributed by atoms with Crippen molar-refractivity contribution in [2.75, 3.05) is 0 Å². The van der Waals surface area contributed by atoms with Gasteiger partial charge in [0.25, 0.3) is 0 Å². The van der Waals surface area contributed by atoms with Gasteiger partial charge >= 0.3 is 0 Å². The summed E-state index contributed by atoms with van der Waals surface area (Å²) in [4.78, 5) is 0. The smallest absolute Gasteiger partial charge is 0 e. The summed E-state index contributed by atoms with van der Waals surface area (Å²) in [7, 11) is 0. The molecule has 0 amide bonds. The fourth-order valence-electron chi connectivity index (χ4n) is 3.82. The van der Waals surface area contributed by atoms with Gasteiger partial charge in [0.15, 0.2) is 0 Å². The molecule has 0 spiro atoms. The van der Waals surface area contributed by atoms with E-state index in [1.807, 2.05) is 24.3 Å². The number of hydrogen-bond donors (Lipinski definition) is 0. The number of hydrogen-bond acceptors (Lipinski definition) is 0. The van der Waals surface area contributed by atoms with Gasteiger partial charge in [0.2, 0.25) is 0 Å². The minimum absolute atomic E-state index is 0. The molecule has 2 radical (unpaired) electrons. The normalized spacial score (nSPS) is 10.2. The monoisotopic (exact) mass is 545 g/mol. The van der Waals surface area contributed by atoms with Crippen molar-refractivity contribution in [2.24, 2.45) is 0 Å². The molecule has 0 N–H and O–H groups in total. The van der Waals surface area contributed by atoms with E-state index in [9.17, 15) is 0 Å². The van der Waals surface area contributed by atoms with Gasteiger partial charge < -0.3 is 0 Å².